The first kappa shape index (κ1) is 26.9. The van der Waals surface area contributed by atoms with Crippen molar-refractivity contribution >= 4 is 41.0 Å². The van der Waals surface area contributed by atoms with Crippen molar-refractivity contribution in [3.8, 4) is 11.3 Å². The van der Waals surface area contributed by atoms with E-state index in [0.29, 0.717) is 13.3 Å². The molecule has 0 unspecified atom stereocenters. The Bertz CT molecular complexity index is 1240. The van der Waals surface area contributed by atoms with Crippen molar-refractivity contribution in [2.45, 2.75) is 84.6 Å². The first-order chi connectivity index (χ1) is 16.8. The van der Waals surface area contributed by atoms with Gasteiger partial charge in [0.1, 0.15) is 18.2 Å². The summed E-state index contributed by atoms with van der Waals surface area (Å²) in [5.41, 5.74) is 3.67. The van der Waals surface area contributed by atoms with E-state index in [1.54, 1.807) is 4.90 Å². The maximum Gasteiger partial charge on any atom is 0.410 e. The molecule has 9 heteroatoms. The number of halogens is 1. The van der Waals surface area contributed by atoms with Gasteiger partial charge in [-0.05, 0) is 64.3 Å². The molecule has 3 heterocycles. The van der Waals surface area contributed by atoms with Crippen LogP contribution in [0.3, 0.4) is 0 Å². The maximum absolute atomic E-state index is 12.8. The van der Waals surface area contributed by atoms with Crippen molar-refractivity contribution < 1.29 is 14.3 Å². The number of aromatic nitrogens is 3. The van der Waals surface area contributed by atoms with Gasteiger partial charge in [-0.2, -0.15) is 0 Å². The van der Waals surface area contributed by atoms with Crippen molar-refractivity contribution in [3.63, 3.8) is 0 Å². The summed E-state index contributed by atoms with van der Waals surface area (Å²) in [4.78, 5) is 22.9. The van der Waals surface area contributed by atoms with E-state index >= 15 is 0 Å². The second kappa shape index (κ2) is 10.3. The molecule has 1 aliphatic heterocycles. The van der Waals surface area contributed by atoms with Gasteiger partial charge in [-0.15, -0.1) is 0 Å². The van der Waals surface area contributed by atoms with Crippen LogP contribution in [0.25, 0.3) is 22.2 Å². The quantitative estimate of drug-likeness (QED) is 0.234. The Morgan fingerprint density at radius 3 is 2.72 bits per heavy atom. The van der Waals surface area contributed by atoms with E-state index in [1.807, 2.05) is 27.0 Å². The fourth-order valence-corrected chi connectivity index (χ4v) is 6.08. The number of rotatable bonds is 7. The number of likely N-dealkylation sites (tertiary alicyclic amines) is 1. The number of imidazole rings is 1. The van der Waals surface area contributed by atoms with Gasteiger partial charge in [0.05, 0.1) is 17.3 Å². The van der Waals surface area contributed by atoms with Gasteiger partial charge < -0.3 is 19.0 Å². The molecular formula is C27H39BrN4O3Si. The van der Waals surface area contributed by atoms with Crippen molar-refractivity contribution in [1.29, 1.82) is 0 Å². The number of carbonyl (C=O) groups is 1. The monoisotopic (exact) mass is 574 g/mol. The molecule has 1 saturated heterocycles. The molecule has 2 aromatic heterocycles. The minimum Gasteiger partial charge on any atom is -0.444 e. The third-order valence-electron chi connectivity index (χ3n) is 6.45. The number of nitrogens with zero attached hydrogens (tertiary/aromatic N) is 3. The molecule has 36 heavy (non-hydrogen) atoms. The summed E-state index contributed by atoms with van der Waals surface area (Å²) in [7, 11) is -1.15. The van der Waals surface area contributed by atoms with E-state index in [9.17, 15) is 4.79 Å². The highest BCUT2D eigenvalue weighted by Gasteiger charge is 2.35. The number of aryl methyl sites for hydroxylation is 1. The van der Waals surface area contributed by atoms with Crippen LogP contribution in [-0.2, 0) is 16.2 Å². The molecule has 1 atom stereocenters. The van der Waals surface area contributed by atoms with E-state index in [2.05, 4.69) is 70.4 Å². The number of carbonyl (C=O) groups excluding carboxylic acids is 1. The SMILES string of the molecule is Cc1cn(COCC[Si](C)(C)C)c2c(-c3c[nH]c([C@@H]4CCCN4C(=O)OC(C)(C)C)n3)ccc(Br)c12. The van der Waals surface area contributed by atoms with Gasteiger partial charge >= 0.3 is 6.09 Å². The second-order valence-electron chi connectivity index (χ2n) is 12.0. The summed E-state index contributed by atoms with van der Waals surface area (Å²) in [6.45, 7) is 16.9. The van der Waals surface area contributed by atoms with Gasteiger partial charge in [0, 0.05) is 49.0 Å². The summed E-state index contributed by atoms with van der Waals surface area (Å²) in [6.07, 6.45) is 5.61. The largest absolute Gasteiger partial charge is 0.444 e. The zero-order valence-electron chi connectivity index (χ0n) is 22.6. The van der Waals surface area contributed by atoms with Gasteiger partial charge in [0.15, 0.2) is 0 Å². The molecule has 0 bridgehead atoms. The predicted molar refractivity (Wildman–Crippen MR) is 151 cm³/mol. The molecule has 0 spiro atoms. The number of ether oxygens (including phenoxy) is 2. The number of H-pyrrole nitrogens is 1. The van der Waals surface area contributed by atoms with Gasteiger partial charge in [-0.3, -0.25) is 4.90 Å². The Balaban J connectivity index is 1.62. The molecule has 1 amide bonds. The third kappa shape index (κ3) is 6.06. The molecular weight excluding hydrogens is 536 g/mol. The molecule has 196 valence electrons. The summed E-state index contributed by atoms with van der Waals surface area (Å²) in [6, 6.07) is 5.21. The molecule has 1 N–H and O–H groups in total. The molecule has 7 nitrogen and oxygen atoms in total. The van der Waals surface area contributed by atoms with E-state index < -0.39 is 13.7 Å². The highest BCUT2D eigenvalue weighted by Crippen LogP contribution is 2.38. The van der Waals surface area contributed by atoms with Crippen LogP contribution in [-0.4, -0.2) is 52.4 Å². The summed E-state index contributed by atoms with van der Waals surface area (Å²) in [5.74, 6) is 0.797. The Morgan fingerprint density at radius 2 is 2.03 bits per heavy atom. The zero-order valence-corrected chi connectivity index (χ0v) is 25.2. The number of fused-ring (bicyclic) bond motifs is 1. The Labute approximate surface area is 223 Å². The molecule has 1 fully saturated rings. The van der Waals surface area contributed by atoms with Crippen molar-refractivity contribution in [1.82, 2.24) is 19.4 Å². The number of amides is 1. The fraction of sp³-hybridized carbons (Fsp3) is 0.556. The van der Waals surface area contributed by atoms with Crippen LogP contribution in [0.5, 0.6) is 0 Å². The summed E-state index contributed by atoms with van der Waals surface area (Å²) < 4.78 is 15.0. The van der Waals surface area contributed by atoms with Crippen LogP contribution < -0.4 is 0 Å². The molecule has 4 rings (SSSR count). The highest BCUT2D eigenvalue weighted by atomic mass is 79.9. The van der Waals surface area contributed by atoms with E-state index in [4.69, 9.17) is 14.5 Å². The Hall–Kier alpha value is -2.10. The minimum atomic E-state index is -1.15. The molecule has 1 aliphatic rings. The lowest BCUT2D eigenvalue weighted by Crippen LogP contribution is -2.36. The van der Waals surface area contributed by atoms with E-state index in [-0.39, 0.29) is 12.1 Å². The number of nitrogens with one attached hydrogen (secondary N) is 1. The normalized spacial score (nSPS) is 16.8. The fourth-order valence-electron chi connectivity index (χ4n) is 4.69. The van der Waals surface area contributed by atoms with E-state index in [0.717, 1.165) is 52.6 Å². The van der Waals surface area contributed by atoms with Crippen LogP contribution >= 0.6 is 15.9 Å². The highest BCUT2D eigenvalue weighted by molar-refractivity contribution is 9.10. The summed E-state index contributed by atoms with van der Waals surface area (Å²) >= 11 is 3.75. The zero-order chi connectivity index (χ0) is 26.3. The average molecular weight is 576 g/mol. The van der Waals surface area contributed by atoms with E-state index in [1.165, 1.54) is 10.9 Å². The second-order valence-corrected chi connectivity index (χ2v) is 18.4. The van der Waals surface area contributed by atoms with Gasteiger partial charge in [-0.25, -0.2) is 9.78 Å². The van der Waals surface area contributed by atoms with Crippen molar-refractivity contribution in [3.05, 3.63) is 40.4 Å². The summed E-state index contributed by atoms with van der Waals surface area (Å²) in [5, 5.41) is 1.17. The lowest BCUT2D eigenvalue weighted by atomic mass is 10.1. The number of benzene rings is 1. The lowest BCUT2D eigenvalue weighted by Gasteiger charge is -2.27. The smallest absolute Gasteiger partial charge is 0.410 e. The first-order valence-corrected chi connectivity index (χ1v) is 17.2. The maximum atomic E-state index is 12.8. The Morgan fingerprint density at radius 1 is 1.28 bits per heavy atom. The first-order valence-electron chi connectivity index (χ1n) is 12.7. The number of aromatic amines is 1. The minimum absolute atomic E-state index is 0.113. The van der Waals surface area contributed by atoms with Crippen LogP contribution in [0.2, 0.25) is 25.7 Å². The molecule has 0 radical (unpaired) electrons. The molecule has 3 aromatic rings. The predicted octanol–water partition coefficient (Wildman–Crippen LogP) is 7.49. The van der Waals surface area contributed by atoms with Crippen molar-refractivity contribution in [2.24, 2.45) is 0 Å². The van der Waals surface area contributed by atoms with Gasteiger partial charge in [-0.1, -0.05) is 35.6 Å². The topological polar surface area (TPSA) is 72.4 Å². The third-order valence-corrected chi connectivity index (χ3v) is 8.82. The van der Waals surface area contributed by atoms with Crippen molar-refractivity contribution in [2.75, 3.05) is 13.2 Å². The van der Waals surface area contributed by atoms with Gasteiger partial charge in [0.2, 0.25) is 0 Å². The van der Waals surface area contributed by atoms with Crippen LogP contribution in [0.15, 0.2) is 29.0 Å². The average Bonchev–Trinajstić information content (AvgIpc) is 3.48. The van der Waals surface area contributed by atoms with Crippen LogP contribution in [0, 0.1) is 6.92 Å². The standard InChI is InChI=1S/C27H39BrN4O3Si/c1-18-16-31(17-34-13-14-36(5,6)7)24-19(10-11-20(28)23(18)24)21-15-29-25(30-21)22-9-8-12-32(22)26(33)35-27(2,3)4/h10-11,15-16,22H,8-9,12-14,17H2,1-7H3,(H,29,30)/t22-/m0/s1. The van der Waals surface area contributed by atoms with Crippen LogP contribution in [0.1, 0.15) is 51.0 Å². The lowest BCUT2D eigenvalue weighted by molar-refractivity contribution is 0.0218. The number of hydrogen-bond acceptors (Lipinski definition) is 4. The Kier molecular flexibility index (Phi) is 7.74. The molecule has 0 aliphatic carbocycles. The van der Waals surface area contributed by atoms with Crippen LogP contribution in [0.4, 0.5) is 4.79 Å². The molecule has 1 aromatic carbocycles. The number of hydrogen-bond donors (Lipinski definition) is 1. The molecule has 0 saturated carbocycles. The van der Waals surface area contributed by atoms with Gasteiger partial charge in [0.25, 0.3) is 0 Å².